The minimum atomic E-state index is 0.785. The number of aromatic nitrogens is 2. The normalized spacial score (nSPS) is 16.2. The molecule has 0 atom stereocenters. The number of rotatable bonds is 3. The van der Waals surface area contributed by atoms with Crippen molar-refractivity contribution in [1.29, 1.82) is 0 Å². The van der Waals surface area contributed by atoms with Crippen LogP contribution in [0.2, 0.25) is 0 Å². The Hall–Kier alpha value is -1.16. The van der Waals surface area contributed by atoms with Gasteiger partial charge < -0.3 is 10.2 Å². The minimum absolute atomic E-state index is 0.785. The zero-order valence-electron chi connectivity index (χ0n) is 8.53. The molecule has 1 aliphatic rings. The zero-order chi connectivity index (χ0) is 9.80. The van der Waals surface area contributed by atoms with E-state index in [0.717, 1.165) is 31.1 Å². The summed E-state index contributed by atoms with van der Waals surface area (Å²) in [5.41, 5.74) is 0.996. The molecule has 2 rings (SSSR count). The first-order valence-electron chi connectivity index (χ1n) is 5.10. The molecule has 1 saturated heterocycles. The highest BCUT2D eigenvalue weighted by Gasteiger charge is 2.13. The van der Waals surface area contributed by atoms with Crippen molar-refractivity contribution in [3.05, 3.63) is 18.1 Å². The summed E-state index contributed by atoms with van der Waals surface area (Å²) in [7, 11) is 1.91. The maximum Gasteiger partial charge on any atom is 0.147 e. The Balaban J connectivity index is 2.05. The van der Waals surface area contributed by atoms with E-state index in [4.69, 9.17) is 0 Å². The van der Waals surface area contributed by atoms with Crippen LogP contribution in [0, 0.1) is 0 Å². The number of nitrogens with one attached hydrogen (secondary N) is 1. The second-order valence-electron chi connectivity index (χ2n) is 3.59. The molecule has 1 aromatic heterocycles. The predicted octanol–water partition coefficient (Wildman–Crippen LogP) is 0.796. The lowest BCUT2D eigenvalue weighted by molar-refractivity contribution is 0.780. The van der Waals surface area contributed by atoms with Crippen LogP contribution < -0.4 is 10.2 Å². The van der Waals surface area contributed by atoms with Crippen LogP contribution in [0.3, 0.4) is 0 Å². The molecule has 0 amide bonds. The molecular weight excluding hydrogens is 176 g/mol. The Labute approximate surface area is 84.4 Å². The van der Waals surface area contributed by atoms with Crippen LogP contribution in [-0.2, 0) is 6.54 Å². The average molecular weight is 192 g/mol. The summed E-state index contributed by atoms with van der Waals surface area (Å²) in [6.07, 6.45) is 6.28. The quantitative estimate of drug-likeness (QED) is 0.769. The van der Waals surface area contributed by atoms with E-state index in [-0.39, 0.29) is 0 Å². The van der Waals surface area contributed by atoms with E-state index in [1.807, 2.05) is 19.4 Å². The fourth-order valence-electron chi connectivity index (χ4n) is 1.73. The molecule has 1 aromatic rings. The van der Waals surface area contributed by atoms with Gasteiger partial charge in [-0.05, 0) is 19.9 Å². The molecular formula is C10H16N4. The standard InChI is InChI=1S/C10H16N4/c1-11-6-9-7-13-10(8-12-9)14-4-2-3-5-14/h7-8,11H,2-6H2,1H3. The van der Waals surface area contributed by atoms with Gasteiger partial charge in [0.05, 0.1) is 18.1 Å². The SMILES string of the molecule is CNCc1cnc(N2CCCC2)cn1. The Morgan fingerprint density at radius 1 is 1.29 bits per heavy atom. The molecule has 0 aliphatic carbocycles. The Morgan fingerprint density at radius 2 is 2.07 bits per heavy atom. The van der Waals surface area contributed by atoms with Gasteiger partial charge in [-0.15, -0.1) is 0 Å². The minimum Gasteiger partial charge on any atom is -0.355 e. The van der Waals surface area contributed by atoms with Crippen molar-refractivity contribution in [2.24, 2.45) is 0 Å². The van der Waals surface area contributed by atoms with Crippen molar-refractivity contribution < 1.29 is 0 Å². The van der Waals surface area contributed by atoms with E-state index >= 15 is 0 Å². The molecule has 1 aliphatic heterocycles. The molecule has 0 radical (unpaired) electrons. The van der Waals surface area contributed by atoms with Gasteiger partial charge in [-0.3, -0.25) is 4.98 Å². The molecule has 76 valence electrons. The second-order valence-corrected chi connectivity index (χ2v) is 3.59. The van der Waals surface area contributed by atoms with E-state index in [1.54, 1.807) is 0 Å². The van der Waals surface area contributed by atoms with Crippen molar-refractivity contribution in [2.45, 2.75) is 19.4 Å². The van der Waals surface area contributed by atoms with Gasteiger partial charge in [-0.1, -0.05) is 0 Å². The third kappa shape index (κ3) is 2.01. The van der Waals surface area contributed by atoms with E-state index in [9.17, 15) is 0 Å². The maximum absolute atomic E-state index is 4.40. The molecule has 0 spiro atoms. The largest absolute Gasteiger partial charge is 0.355 e. The molecule has 4 heteroatoms. The number of anilines is 1. The summed E-state index contributed by atoms with van der Waals surface area (Å²) in [6, 6.07) is 0. The summed E-state index contributed by atoms with van der Waals surface area (Å²) in [4.78, 5) is 11.0. The summed E-state index contributed by atoms with van der Waals surface area (Å²) < 4.78 is 0. The highest BCUT2D eigenvalue weighted by atomic mass is 15.2. The van der Waals surface area contributed by atoms with Gasteiger partial charge >= 0.3 is 0 Å². The highest BCUT2D eigenvalue weighted by Crippen LogP contribution is 2.15. The summed E-state index contributed by atoms with van der Waals surface area (Å²) in [6.45, 7) is 3.04. The van der Waals surface area contributed by atoms with Gasteiger partial charge in [0.15, 0.2) is 0 Å². The van der Waals surface area contributed by atoms with E-state index < -0.39 is 0 Å². The van der Waals surface area contributed by atoms with Crippen LogP contribution in [0.5, 0.6) is 0 Å². The Morgan fingerprint density at radius 3 is 2.64 bits per heavy atom. The average Bonchev–Trinajstić information content (AvgIpc) is 2.72. The Bertz CT molecular complexity index is 277. The number of hydrogen-bond acceptors (Lipinski definition) is 4. The third-order valence-electron chi connectivity index (χ3n) is 2.48. The van der Waals surface area contributed by atoms with Crippen LogP contribution >= 0.6 is 0 Å². The third-order valence-corrected chi connectivity index (χ3v) is 2.48. The smallest absolute Gasteiger partial charge is 0.147 e. The van der Waals surface area contributed by atoms with Crippen molar-refractivity contribution >= 4 is 5.82 Å². The summed E-state index contributed by atoms with van der Waals surface area (Å²) in [5, 5.41) is 3.06. The molecule has 1 N–H and O–H groups in total. The molecule has 0 aromatic carbocycles. The van der Waals surface area contributed by atoms with Gasteiger partial charge in [0, 0.05) is 19.6 Å². The van der Waals surface area contributed by atoms with Gasteiger partial charge in [0.25, 0.3) is 0 Å². The summed E-state index contributed by atoms with van der Waals surface area (Å²) in [5.74, 6) is 1.02. The van der Waals surface area contributed by atoms with Crippen LogP contribution in [-0.4, -0.2) is 30.1 Å². The number of hydrogen-bond donors (Lipinski definition) is 1. The molecule has 0 unspecified atom stereocenters. The first-order chi connectivity index (χ1) is 6.90. The van der Waals surface area contributed by atoms with Gasteiger partial charge in [0.1, 0.15) is 5.82 Å². The molecule has 0 saturated carbocycles. The topological polar surface area (TPSA) is 41.1 Å². The van der Waals surface area contributed by atoms with Gasteiger partial charge in [0.2, 0.25) is 0 Å². The Kier molecular flexibility index (Phi) is 2.93. The number of nitrogens with zero attached hydrogens (tertiary/aromatic N) is 3. The van der Waals surface area contributed by atoms with E-state index in [2.05, 4.69) is 20.2 Å². The van der Waals surface area contributed by atoms with Crippen LogP contribution in [0.25, 0.3) is 0 Å². The van der Waals surface area contributed by atoms with E-state index in [0.29, 0.717) is 0 Å². The fourth-order valence-corrected chi connectivity index (χ4v) is 1.73. The molecule has 0 bridgehead atoms. The van der Waals surface area contributed by atoms with Crippen LogP contribution in [0.1, 0.15) is 18.5 Å². The van der Waals surface area contributed by atoms with Crippen LogP contribution in [0.15, 0.2) is 12.4 Å². The lowest BCUT2D eigenvalue weighted by Gasteiger charge is -2.15. The van der Waals surface area contributed by atoms with Crippen LogP contribution in [0.4, 0.5) is 5.82 Å². The lowest BCUT2D eigenvalue weighted by atomic mass is 10.4. The van der Waals surface area contributed by atoms with Crippen molar-refractivity contribution in [3.8, 4) is 0 Å². The van der Waals surface area contributed by atoms with E-state index in [1.165, 1.54) is 12.8 Å². The first-order valence-corrected chi connectivity index (χ1v) is 5.10. The van der Waals surface area contributed by atoms with Gasteiger partial charge in [-0.25, -0.2) is 4.98 Å². The second kappa shape index (κ2) is 4.37. The summed E-state index contributed by atoms with van der Waals surface area (Å²) >= 11 is 0. The predicted molar refractivity (Wildman–Crippen MR) is 56.2 cm³/mol. The highest BCUT2D eigenvalue weighted by molar-refractivity contribution is 5.36. The van der Waals surface area contributed by atoms with Crippen molar-refractivity contribution in [3.63, 3.8) is 0 Å². The maximum atomic E-state index is 4.40. The van der Waals surface area contributed by atoms with Crippen molar-refractivity contribution in [2.75, 3.05) is 25.0 Å². The lowest BCUT2D eigenvalue weighted by Crippen LogP contribution is -2.19. The fraction of sp³-hybridized carbons (Fsp3) is 0.600. The molecule has 14 heavy (non-hydrogen) atoms. The molecule has 4 nitrogen and oxygen atoms in total. The van der Waals surface area contributed by atoms with Crippen molar-refractivity contribution in [1.82, 2.24) is 15.3 Å². The molecule has 1 fully saturated rings. The molecule has 2 heterocycles. The first kappa shape index (κ1) is 9.40. The van der Waals surface area contributed by atoms with Gasteiger partial charge in [-0.2, -0.15) is 0 Å². The monoisotopic (exact) mass is 192 g/mol. The zero-order valence-corrected chi connectivity index (χ0v) is 8.53.